The van der Waals surface area contributed by atoms with E-state index >= 15 is 0 Å². The number of hydrogen-bond donors (Lipinski definition) is 4. The summed E-state index contributed by atoms with van der Waals surface area (Å²) in [7, 11) is -10.9. The second kappa shape index (κ2) is 21.0. The predicted octanol–water partition coefficient (Wildman–Crippen LogP) is 8.70. The number of amides is 1. The minimum Gasteiger partial charge on any atom is -0.384 e. The predicted molar refractivity (Wildman–Crippen MR) is 231 cm³/mol. The lowest BCUT2D eigenvalue weighted by atomic mass is 9.87. The van der Waals surface area contributed by atoms with Crippen molar-refractivity contribution in [1.82, 2.24) is 14.9 Å². The molecule has 17 heteroatoms. The third kappa shape index (κ3) is 12.7. The van der Waals surface area contributed by atoms with Crippen LogP contribution < -0.4 is 20.7 Å². The smallest absolute Gasteiger partial charge is 0.384 e. The van der Waals surface area contributed by atoms with E-state index in [0.29, 0.717) is 55.3 Å². The summed E-state index contributed by atoms with van der Waals surface area (Å²) in [6, 6.07) is 25.1. The highest BCUT2D eigenvalue weighted by Crippen LogP contribution is 2.37. The van der Waals surface area contributed by atoms with Crippen LogP contribution in [-0.4, -0.2) is 84.2 Å². The topological polar surface area (TPSA) is 137 Å². The summed E-state index contributed by atoms with van der Waals surface area (Å²) in [5.74, 6) is -0.687. The summed E-state index contributed by atoms with van der Waals surface area (Å²) in [5.41, 5.74) is -1.58. The first-order valence-corrected chi connectivity index (χ1v) is 23.6. The molecule has 0 radical (unpaired) electrons. The molecule has 1 aliphatic rings. The standard InChI is InChI=1S/C42H49ClF3N5O5S3/c1-3-51(4-2)28-35(29-57-36-11-6-5-7-12-36)49-39-23-22-37(26-40(39)58(53,54)42(44,45)46)59(55,56)50-41(52)31-16-20-34(21-17-31)48-25-24-47-27-32-10-8-9-13-38(32)30-14-18-33(43)19-15-30/h5-7,11-12,14-23,26,35,47-49H,3-4,8-10,13,24-25,27-29H2,1-2H3,(H,50,52)/t35-/m1/s1. The van der Waals surface area contributed by atoms with Gasteiger partial charge in [-0.15, -0.1) is 11.8 Å². The lowest BCUT2D eigenvalue weighted by Crippen LogP contribution is -2.39. The van der Waals surface area contributed by atoms with E-state index in [4.69, 9.17) is 11.6 Å². The van der Waals surface area contributed by atoms with Gasteiger partial charge in [0.25, 0.3) is 25.8 Å². The van der Waals surface area contributed by atoms with Crippen molar-refractivity contribution in [3.63, 3.8) is 0 Å². The molecule has 0 heterocycles. The van der Waals surface area contributed by atoms with Gasteiger partial charge in [-0.3, -0.25) is 4.79 Å². The summed E-state index contributed by atoms with van der Waals surface area (Å²) in [6.07, 6.45) is 4.34. The summed E-state index contributed by atoms with van der Waals surface area (Å²) < 4.78 is 96.6. The van der Waals surface area contributed by atoms with Crippen molar-refractivity contribution in [3.05, 3.63) is 119 Å². The van der Waals surface area contributed by atoms with Crippen LogP contribution in [0.2, 0.25) is 5.02 Å². The van der Waals surface area contributed by atoms with Crippen molar-refractivity contribution >= 4 is 66.1 Å². The van der Waals surface area contributed by atoms with E-state index in [1.807, 2.05) is 65.9 Å². The second-order valence-corrected chi connectivity index (χ2v) is 19.1. The van der Waals surface area contributed by atoms with Gasteiger partial charge in [-0.05, 0) is 117 Å². The van der Waals surface area contributed by atoms with Crippen molar-refractivity contribution < 1.29 is 34.8 Å². The maximum Gasteiger partial charge on any atom is 0.501 e. The number of nitrogens with one attached hydrogen (secondary N) is 4. The number of allylic oxidation sites excluding steroid dienone is 1. The maximum atomic E-state index is 14.0. The molecule has 0 spiro atoms. The van der Waals surface area contributed by atoms with Gasteiger partial charge in [0.1, 0.15) is 4.90 Å². The Bertz CT molecular complexity index is 2280. The van der Waals surface area contributed by atoms with Crippen LogP contribution in [0.1, 0.15) is 55.5 Å². The molecule has 0 fully saturated rings. The first-order chi connectivity index (χ1) is 28.1. The first kappa shape index (κ1) is 46.0. The Kier molecular flexibility index (Phi) is 16.3. The normalized spacial score (nSPS) is 14.3. The van der Waals surface area contributed by atoms with Crippen molar-refractivity contribution in [2.75, 3.05) is 55.7 Å². The number of sulfonamides is 1. The number of carbonyl (C=O) groups excluding carboxylic acids is 1. The van der Waals surface area contributed by atoms with E-state index in [0.717, 1.165) is 49.3 Å². The molecule has 0 saturated carbocycles. The molecular formula is C42H49ClF3N5O5S3. The summed E-state index contributed by atoms with van der Waals surface area (Å²) in [6.45, 7) is 7.47. The largest absolute Gasteiger partial charge is 0.501 e. The minimum absolute atomic E-state index is 0.0344. The van der Waals surface area contributed by atoms with Gasteiger partial charge < -0.3 is 20.9 Å². The van der Waals surface area contributed by atoms with E-state index in [-0.39, 0.29) is 5.56 Å². The Labute approximate surface area is 354 Å². The Hall–Kier alpha value is -4.06. The molecule has 0 unspecified atom stereocenters. The molecule has 1 atom stereocenters. The molecule has 4 aromatic rings. The number of nitrogens with zero attached hydrogens (tertiary/aromatic N) is 1. The number of carbonyl (C=O) groups is 1. The summed E-state index contributed by atoms with van der Waals surface area (Å²) >= 11 is 7.52. The van der Waals surface area contributed by atoms with Gasteiger partial charge in [0.2, 0.25) is 0 Å². The monoisotopic (exact) mass is 891 g/mol. The zero-order valence-electron chi connectivity index (χ0n) is 32.8. The van der Waals surface area contributed by atoms with E-state index in [9.17, 15) is 34.8 Å². The number of alkyl halides is 3. The van der Waals surface area contributed by atoms with E-state index < -0.39 is 52.8 Å². The van der Waals surface area contributed by atoms with Crippen LogP contribution in [0.25, 0.3) is 5.57 Å². The molecule has 5 rings (SSSR count). The number of hydrogen-bond acceptors (Lipinski definition) is 10. The van der Waals surface area contributed by atoms with Gasteiger partial charge in [0.15, 0.2) is 0 Å². The minimum atomic E-state index is -6.04. The third-order valence-corrected chi connectivity index (χ3v) is 14.2. The third-order valence-electron chi connectivity index (χ3n) is 9.90. The molecule has 4 aromatic carbocycles. The lowest BCUT2D eigenvalue weighted by Gasteiger charge is -2.28. The van der Waals surface area contributed by atoms with Crippen LogP contribution in [0.3, 0.4) is 0 Å². The second-order valence-electron chi connectivity index (χ2n) is 14.0. The van der Waals surface area contributed by atoms with Crippen LogP contribution in [0, 0.1) is 0 Å². The molecule has 1 aliphatic carbocycles. The molecule has 0 bridgehead atoms. The fourth-order valence-electron chi connectivity index (χ4n) is 6.68. The van der Waals surface area contributed by atoms with Gasteiger partial charge in [-0.1, -0.05) is 61.4 Å². The lowest BCUT2D eigenvalue weighted by molar-refractivity contribution is -0.0435. The highest BCUT2D eigenvalue weighted by Gasteiger charge is 2.48. The molecule has 0 aliphatic heterocycles. The van der Waals surface area contributed by atoms with E-state index in [1.165, 1.54) is 40.6 Å². The average Bonchev–Trinajstić information content (AvgIpc) is 3.22. The highest BCUT2D eigenvalue weighted by atomic mass is 35.5. The van der Waals surface area contributed by atoms with E-state index in [2.05, 4.69) is 28.1 Å². The van der Waals surface area contributed by atoms with Crippen molar-refractivity contribution in [1.29, 1.82) is 0 Å². The van der Waals surface area contributed by atoms with Crippen LogP contribution in [0.5, 0.6) is 0 Å². The Balaban J connectivity index is 1.24. The molecule has 318 valence electrons. The van der Waals surface area contributed by atoms with Crippen LogP contribution in [-0.2, 0) is 19.9 Å². The number of thioether (sulfide) groups is 1. The van der Waals surface area contributed by atoms with Gasteiger partial charge in [0, 0.05) is 59.1 Å². The number of halogens is 4. The average molecular weight is 893 g/mol. The van der Waals surface area contributed by atoms with E-state index in [1.54, 1.807) is 12.1 Å². The fourth-order valence-corrected chi connectivity index (χ4v) is 9.76. The van der Waals surface area contributed by atoms with Crippen LogP contribution in [0.4, 0.5) is 24.5 Å². The van der Waals surface area contributed by atoms with Crippen molar-refractivity contribution in [2.45, 2.75) is 65.8 Å². The molecule has 0 aromatic heterocycles. The van der Waals surface area contributed by atoms with Gasteiger partial charge in [0.05, 0.1) is 10.6 Å². The fraction of sp³-hybridized carbons (Fsp3) is 0.357. The zero-order chi connectivity index (χ0) is 42.6. The Morgan fingerprint density at radius 3 is 2.20 bits per heavy atom. The number of rotatable bonds is 20. The zero-order valence-corrected chi connectivity index (χ0v) is 36.0. The first-order valence-electron chi connectivity index (χ1n) is 19.3. The van der Waals surface area contributed by atoms with Gasteiger partial charge in [-0.25, -0.2) is 21.6 Å². The number of anilines is 2. The van der Waals surface area contributed by atoms with Gasteiger partial charge in [-0.2, -0.15) is 13.2 Å². The molecular weight excluding hydrogens is 843 g/mol. The number of sulfone groups is 1. The van der Waals surface area contributed by atoms with Crippen LogP contribution >= 0.6 is 23.4 Å². The molecule has 4 N–H and O–H groups in total. The molecule has 10 nitrogen and oxygen atoms in total. The summed E-state index contributed by atoms with van der Waals surface area (Å²) in [4.78, 5) is 13.9. The van der Waals surface area contributed by atoms with Crippen molar-refractivity contribution in [2.24, 2.45) is 0 Å². The number of benzene rings is 4. The molecule has 59 heavy (non-hydrogen) atoms. The SMILES string of the molecule is CCN(CC)C[C@H](CSc1ccccc1)Nc1ccc(S(=O)(=O)NC(=O)c2ccc(NCCNCC3=C(c4ccc(Cl)cc4)CCCC3)cc2)cc1S(=O)(=O)C(F)(F)F. The van der Waals surface area contributed by atoms with Crippen molar-refractivity contribution in [3.8, 4) is 0 Å². The Morgan fingerprint density at radius 1 is 0.864 bits per heavy atom. The van der Waals surface area contributed by atoms with Crippen LogP contribution in [0.15, 0.2) is 117 Å². The highest BCUT2D eigenvalue weighted by molar-refractivity contribution is 7.99. The number of likely N-dealkylation sites (N-methyl/N-ethyl adjacent to an activating group) is 1. The quantitative estimate of drug-likeness (QED) is 0.0504. The van der Waals surface area contributed by atoms with Gasteiger partial charge >= 0.3 is 5.51 Å². The molecule has 0 saturated heterocycles. The molecule has 1 amide bonds. The Morgan fingerprint density at radius 2 is 1.54 bits per heavy atom. The summed E-state index contributed by atoms with van der Waals surface area (Å²) in [5, 5.41) is 10.4. The maximum absolute atomic E-state index is 14.0.